The van der Waals surface area contributed by atoms with Gasteiger partial charge in [0.05, 0.1) is 27.8 Å². The zero-order chi connectivity index (χ0) is 15.1. The number of hydrogen-bond acceptors (Lipinski definition) is 5. The second-order valence-electron chi connectivity index (χ2n) is 5.26. The number of nitrogens with zero attached hydrogens (tertiary/aromatic N) is 2. The Bertz CT molecular complexity index is 866. The van der Waals surface area contributed by atoms with E-state index >= 15 is 0 Å². The van der Waals surface area contributed by atoms with E-state index < -0.39 is 0 Å². The molecule has 1 aromatic carbocycles. The van der Waals surface area contributed by atoms with Gasteiger partial charge in [0.25, 0.3) is 0 Å². The zero-order valence-corrected chi connectivity index (χ0v) is 13.6. The second kappa shape index (κ2) is 5.30. The van der Waals surface area contributed by atoms with Crippen LogP contribution in [0.2, 0.25) is 0 Å². The molecule has 4 nitrogen and oxygen atoms in total. The van der Waals surface area contributed by atoms with Crippen molar-refractivity contribution < 1.29 is 4.79 Å². The fraction of sp³-hybridized carbons (Fsp3) is 0.188. The quantitative estimate of drug-likeness (QED) is 0.799. The highest BCUT2D eigenvalue weighted by Gasteiger charge is 2.18. The lowest BCUT2D eigenvalue weighted by molar-refractivity contribution is -0.115. The highest BCUT2D eigenvalue weighted by molar-refractivity contribution is 7.10. The summed E-state index contributed by atoms with van der Waals surface area (Å²) in [5, 5.41) is 9.16. The third-order valence-corrected chi connectivity index (χ3v) is 5.25. The van der Waals surface area contributed by atoms with E-state index in [1.54, 1.807) is 22.7 Å². The van der Waals surface area contributed by atoms with E-state index in [4.69, 9.17) is 4.98 Å². The van der Waals surface area contributed by atoms with Crippen molar-refractivity contribution in [3.05, 3.63) is 50.2 Å². The van der Waals surface area contributed by atoms with Gasteiger partial charge in [-0.05, 0) is 24.6 Å². The Morgan fingerprint density at radius 3 is 2.95 bits per heavy atom. The Balaban J connectivity index is 1.59. The van der Waals surface area contributed by atoms with E-state index in [2.05, 4.69) is 27.1 Å². The Kier molecular flexibility index (Phi) is 3.28. The van der Waals surface area contributed by atoms with Crippen molar-refractivity contribution in [2.75, 3.05) is 5.32 Å². The lowest BCUT2D eigenvalue weighted by Gasteiger charge is -2.01. The first-order chi connectivity index (χ1) is 10.7. The van der Waals surface area contributed by atoms with Crippen LogP contribution in [0.25, 0.3) is 11.3 Å². The second-order valence-corrected chi connectivity index (χ2v) is 7.26. The average Bonchev–Trinajstić information content (AvgIpc) is 3.18. The van der Waals surface area contributed by atoms with Crippen LogP contribution in [0.15, 0.2) is 29.0 Å². The van der Waals surface area contributed by atoms with Gasteiger partial charge in [0, 0.05) is 28.4 Å². The van der Waals surface area contributed by atoms with Gasteiger partial charge in [-0.25, -0.2) is 9.97 Å². The van der Waals surface area contributed by atoms with Crippen LogP contribution in [0.1, 0.15) is 21.3 Å². The Morgan fingerprint density at radius 1 is 1.23 bits per heavy atom. The summed E-state index contributed by atoms with van der Waals surface area (Å²) in [6.07, 6.45) is 1.23. The van der Waals surface area contributed by atoms with Crippen LogP contribution in [-0.4, -0.2) is 15.9 Å². The number of carbonyl (C=O) groups is 1. The molecule has 4 rings (SSSR count). The van der Waals surface area contributed by atoms with Crippen LogP contribution in [0.5, 0.6) is 0 Å². The van der Waals surface area contributed by atoms with E-state index in [0.717, 1.165) is 44.6 Å². The summed E-state index contributed by atoms with van der Waals surface area (Å²) in [4.78, 5) is 20.6. The summed E-state index contributed by atoms with van der Waals surface area (Å²) < 4.78 is 0. The molecule has 1 N–H and O–H groups in total. The van der Waals surface area contributed by atoms with Crippen LogP contribution in [0, 0.1) is 6.92 Å². The number of amides is 1. The summed E-state index contributed by atoms with van der Waals surface area (Å²) in [7, 11) is 0. The molecular weight excluding hydrogens is 314 g/mol. The van der Waals surface area contributed by atoms with Gasteiger partial charge >= 0.3 is 0 Å². The Morgan fingerprint density at radius 2 is 2.14 bits per heavy atom. The number of thiazole rings is 2. The van der Waals surface area contributed by atoms with Gasteiger partial charge in [-0.3, -0.25) is 4.79 Å². The number of benzene rings is 1. The largest absolute Gasteiger partial charge is 0.326 e. The van der Waals surface area contributed by atoms with Gasteiger partial charge in [-0.2, -0.15) is 0 Å². The predicted octanol–water partition coefficient (Wildman–Crippen LogP) is 3.66. The van der Waals surface area contributed by atoms with E-state index in [9.17, 15) is 4.79 Å². The number of anilines is 1. The minimum absolute atomic E-state index is 0.0602. The molecule has 1 aliphatic heterocycles. The van der Waals surface area contributed by atoms with Crippen molar-refractivity contribution in [1.82, 2.24) is 9.97 Å². The maximum Gasteiger partial charge on any atom is 0.228 e. The molecule has 0 unspecified atom stereocenters. The van der Waals surface area contributed by atoms with Crippen LogP contribution in [0.3, 0.4) is 0 Å². The smallest absolute Gasteiger partial charge is 0.228 e. The van der Waals surface area contributed by atoms with Crippen molar-refractivity contribution >= 4 is 34.3 Å². The van der Waals surface area contributed by atoms with Gasteiger partial charge in [-0.15, -0.1) is 22.7 Å². The van der Waals surface area contributed by atoms with Crippen molar-refractivity contribution in [3.8, 4) is 11.3 Å². The molecule has 3 heterocycles. The first-order valence-electron chi connectivity index (χ1n) is 6.96. The first kappa shape index (κ1) is 13.6. The van der Waals surface area contributed by atoms with E-state index in [1.165, 1.54) is 0 Å². The Hall–Kier alpha value is -2.05. The third kappa shape index (κ3) is 2.55. The van der Waals surface area contributed by atoms with Crippen molar-refractivity contribution in [3.63, 3.8) is 0 Å². The molecule has 2 aromatic heterocycles. The SMILES string of the molecule is Cc1nc(Cc2nc(-c3ccc4c(c3)CC(=O)N4)cs2)cs1. The zero-order valence-electron chi connectivity index (χ0n) is 11.9. The minimum Gasteiger partial charge on any atom is -0.326 e. The molecule has 0 saturated heterocycles. The van der Waals surface area contributed by atoms with Crippen molar-refractivity contribution in [1.29, 1.82) is 0 Å². The first-order valence-corrected chi connectivity index (χ1v) is 8.72. The van der Waals surface area contributed by atoms with Crippen molar-refractivity contribution in [2.24, 2.45) is 0 Å². The topological polar surface area (TPSA) is 54.9 Å². The number of carbonyl (C=O) groups excluding carboxylic acids is 1. The lowest BCUT2D eigenvalue weighted by atomic mass is 10.1. The molecule has 0 radical (unpaired) electrons. The minimum atomic E-state index is 0.0602. The van der Waals surface area contributed by atoms with Gasteiger partial charge in [0.2, 0.25) is 5.91 Å². The summed E-state index contributed by atoms with van der Waals surface area (Å²) in [6, 6.07) is 6.02. The number of rotatable bonds is 3. The molecule has 1 aliphatic rings. The molecule has 0 saturated carbocycles. The maximum atomic E-state index is 11.4. The number of aromatic nitrogens is 2. The molecule has 1 amide bonds. The summed E-state index contributed by atoms with van der Waals surface area (Å²) in [5.74, 6) is 0.0602. The molecule has 0 fully saturated rings. The van der Waals surface area contributed by atoms with Gasteiger partial charge < -0.3 is 5.32 Å². The summed E-state index contributed by atoms with van der Waals surface area (Å²) >= 11 is 3.32. The van der Waals surface area contributed by atoms with Crippen LogP contribution < -0.4 is 5.32 Å². The van der Waals surface area contributed by atoms with Crippen LogP contribution in [-0.2, 0) is 17.6 Å². The standard InChI is InChI=1S/C16H13N3OS2/c1-9-17-12(7-21-9)6-16-19-14(8-22-16)10-2-3-13-11(4-10)5-15(20)18-13/h2-4,7-8H,5-6H2,1H3,(H,18,20). The predicted molar refractivity (Wildman–Crippen MR) is 89.5 cm³/mol. The molecule has 0 aliphatic carbocycles. The highest BCUT2D eigenvalue weighted by atomic mass is 32.1. The molecule has 3 aromatic rings. The van der Waals surface area contributed by atoms with Crippen molar-refractivity contribution in [2.45, 2.75) is 19.8 Å². The fourth-order valence-corrected chi connectivity index (χ4v) is 3.99. The summed E-state index contributed by atoms with van der Waals surface area (Å²) in [6.45, 7) is 2.02. The maximum absolute atomic E-state index is 11.4. The molecule has 110 valence electrons. The lowest BCUT2D eigenvalue weighted by Crippen LogP contribution is -2.03. The monoisotopic (exact) mass is 327 g/mol. The molecule has 0 bridgehead atoms. The number of nitrogens with one attached hydrogen (secondary N) is 1. The molecular formula is C16H13N3OS2. The van der Waals surface area contributed by atoms with Crippen LogP contribution >= 0.6 is 22.7 Å². The number of fused-ring (bicyclic) bond motifs is 1. The molecule has 6 heteroatoms. The molecule has 0 atom stereocenters. The average molecular weight is 327 g/mol. The normalized spacial score (nSPS) is 13.2. The fourth-order valence-electron chi connectivity index (χ4n) is 2.56. The molecule has 0 spiro atoms. The molecule has 22 heavy (non-hydrogen) atoms. The number of hydrogen-bond donors (Lipinski definition) is 1. The number of aryl methyl sites for hydroxylation is 1. The Labute approximate surface area is 135 Å². The third-order valence-electron chi connectivity index (χ3n) is 3.58. The summed E-state index contributed by atoms with van der Waals surface area (Å²) in [5.41, 5.74) is 5.07. The van der Waals surface area contributed by atoms with Gasteiger partial charge in [0.1, 0.15) is 0 Å². The van der Waals surface area contributed by atoms with E-state index in [0.29, 0.717) is 6.42 Å². The van der Waals surface area contributed by atoms with E-state index in [-0.39, 0.29) is 5.91 Å². The van der Waals surface area contributed by atoms with Gasteiger partial charge in [-0.1, -0.05) is 6.07 Å². The van der Waals surface area contributed by atoms with Crippen LogP contribution in [0.4, 0.5) is 5.69 Å². The highest BCUT2D eigenvalue weighted by Crippen LogP contribution is 2.30. The van der Waals surface area contributed by atoms with Gasteiger partial charge in [0.15, 0.2) is 0 Å². The van der Waals surface area contributed by atoms with E-state index in [1.807, 2.05) is 19.1 Å².